The summed E-state index contributed by atoms with van der Waals surface area (Å²) in [6.07, 6.45) is 5.22. The maximum atomic E-state index is 13.0. The van der Waals surface area contributed by atoms with E-state index in [1.165, 1.54) is 0 Å². The van der Waals surface area contributed by atoms with Gasteiger partial charge in [-0.3, -0.25) is 9.78 Å². The number of carbonyl (C=O) groups is 1. The second-order valence-corrected chi connectivity index (χ2v) is 6.67. The molecule has 3 aromatic rings. The second kappa shape index (κ2) is 8.09. The molecule has 4 heteroatoms. The van der Waals surface area contributed by atoms with E-state index < -0.39 is 0 Å². The first kappa shape index (κ1) is 18.0. The standard InChI is InChI=1S/C24H21NO3/c1-27-21-11-12-22-17(15-21)9-10-19(24(22)26)14-18-6-2-3-8-23(18)28-16-20-7-4-5-13-25-20/h2-8,11-15H,9-10,16H2,1H3. The van der Waals surface area contributed by atoms with Crippen LogP contribution in [-0.2, 0) is 13.0 Å². The lowest BCUT2D eigenvalue weighted by molar-refractivity contribution is 0.102. The van der Waals surface area contributed by atoms with E-state index in [0.29, 0.717) is 13.0 Å². The Morgan fingerprint density at radius 1 is 1.04 bits per heavy atom. The van der Waals surface area contributed by atoms with Crippen molar-refractivity contribution in [1.82, 2.24) is 4.98 Å². The molecular weight excluding hydrogens is 350 g/mol. The van der Waals surface area contributed by atoms with Crippen LogP contribution in [0, 0.1) is 0 Å². The average molecular weight is 371 g/mol. The molecule has 0 unspecified atom stereocenters. The fourth-order valence-corrected chi connectivity index (χ4v) is 3.37. The molecule has 0 atom stereocenters. The molecule has 28 heavy (non-hydrogen) atoms. The Kier molecular flexibility index (Phi) is 5.20. The highest BCUT2D eigenvalue weighted by atomic mass is 16.5. The summed E-state index contributed by atoms with van der Waals surface area (Å²) < 4.78 is 11.2. The number of aryl methyl sites for hydroxylation is 1. The lowest BCUT2D eigenvalue weighted by Gasteiger charge is -2.18. The highest BCUT2D eigenvalue weighted by Gasteiger charge is 2.22. The van der Waals surface area contributed by atoms with E-state index >= 15 is 0 Å². The van der Waals surface area contributed by atoms with Crippen LogP contribution in [0.1, 0.15) is 33.6 Å². The van der Waals surface area contributed by atoms with Crippen molar-refractivity contribution < 1.29 is 14.3 Å². The fraction of sp³-hybridized carbons (Fsp3) is 0.167. The number of para-hydroxylation sites is 1. The number of hydrogen-bond acceptors (Lipinski definition) is 4. The van der Waals surface area contributed by atoms with Crippen LogP contribution in [0.15, 0.2) is 72.4 Å². The Hall–Kier alpha value is -3.40. The van der Waals surface area contributed by atoms with E-state index in [0.717, 1.165) is 45.9 Å². The zero-order valence-corrected chi connectivity index (χ0v) is 15.7. The molecule has 0 amide bonds. The van der Waals surface area contributed by atoms with Crippen LogP contribution in [0.2, 0.25) is 0 Å². The molecule has 0 radical (unpaired) electrons. The van der Waals surface area contributed by atoms with Gasteiger partial charge in [-0.15, -0.1) is 0 Å². The molecule has 0 fully saturated rings. The topological polar surface area (TPSA) is 48.4 Å². The third-order valence-corrected chi connectivity index (χ3v) is 4.86. The van der Waals surface area contributed by atoms with Crippen molar-refractivity contribution in [2.75, 3.05) is 7.11 Å². The number of pyridine rings is 1. The van der Waals surface area contributed by atoms with Crippen molar-refractivity contribution in [2.24, 2.45) is 0 Å². The summed E-state index contributed by atoms with van der Waals surface area (Å²) in [4.78, 5) is 17.2. The molecular formula is C24H21NO3. The zero-order valence-electron chi connectivity index (χ0n) is 15.7. The average Bonchev–Trinajstić information content (AvgIpc) is 2.75. The van der Waals surface area contributed by atoms with Crippen LogP contribution < -0.4 is 9.47 Å². The van der Waals surface area contributed by atoms with E-state index in [1.54, 1.807) is 13.3 Å². The molecule has 0 bridgehead atoms. The van der Waals surface area contributed by atoms with Gasteiger partial charge in [-0.1, -0.05) is 24.3 Å². The van der Waals surface area contributed by atoms with E-state index in [9.17, 15) is 4.79 Å². The van der Waals surface area contributed by atoms with Gasteiger partial charge in [0.2, 0.25) is 0 Å². The fourth-order valence-electron chi connectivity index (χ4n) is 3.37. The Morgan fingerprint density at radius 2 is 1.89 bits per heavy atom. The number of fused-ring (bicyclic) bond motifs is 1. The maximum absolute atomic E-state index is 13.0. The summed E-state index contributed by atoms with van der Waals surface area (Å²) in [6.45, 7) is 0.387. The molecule has 4 nitrogen and oxygen atoms in total. The molecule has 0 spiro atoms. The molecule has 1 aliphatic carbocycles. The summed E-state index contributed by atoms with van der Waals surface area (Å²) in [5, 5.41) is 0. The van der Waals surface area contributed by atoms with Gasteiger partial charge in [0.15, 0.2) is 5.78 Å². The normalized spacial score (nSPS) is 14.6. The van der Waals surface area contributed by atoms with Crippen LogP contribution >= 0.6 is 0 Å². The van der Waals surface area contributed by atoms with Crippen molar-refractivity contribution in [3.63, 3.8) is 0 Å². The minimum Gasteiger partial charge on any atom is -0.497 e. The number of ketones is 1. The van der Waals surface area contributed by atoms with Gasteiger partial charge < -0.3 is 9.47 Å². The van der Waals surface area contributed by atoms with Gasteiger partial charge in [0.05, 0.1) is 12.8 Å². The van der Waals surface area contributed by atoms with E-state index in [1.807, 2.05) is 66.7 Å². The van der Waals surface area contributed by atoms with Crippen LogP contribution in [0.5, 0.6) is 11.5 Å². The van der Waals surface area contributed by atoms with Crippen LogP contribution in [-0.4, -0.2) is 17.9 Å². The first-order chi connectivity index (χ1) is 13.7. The lowest BCUT2D eigenvalue weighted by atomic mass is 9.86. The third kappa shape index (κ3) is 3.81. The quantitative estimate of drug-likeness (QED) is 0.600. The molecule has 0 saturated carbocycles. The minimum absolute atomic E-state index is 0.0726. The van der Waals surface area contributed by atoms with Crippen molar-refractivity contribution in [1.29, 1.82) is 0 Å². The van der Waals surface area contributed by atoms with Crippen molar-refractivity contribution in [3.8, 4) is 11.5 Å². The summed E-state index contributed by atoms with van der Waals surface area (Å²) in [5.41, 5.74) is 4.36. The van der Waals surface area contributed by atoms with E-state index in [-0.39, 0.29) is 5.78 Å². The van der Waals surface area contributed by atoms with Crippen molar-refractivity contribution in [3.05, 3.63) is 94.8 Å². The third-order valence-electron chi connectivity index (χ3n) is 4.86. The molecule has 1 aromatic heterocycles. The summed E-state index contributed by atoms with van der Waals surface area (Å²) in [5.74, 6) is 1.60. The Labute approximate surface area is 164 Å². The number of nitrogens with zero attached hydrogens (tertiary/aromatic N) is 1. The van der Waals surface area contributed by atoms with Crippen LogP contribution in [0.3, 0.4) is 0 Å². The minimum atomic E-state index is 0.0726. The monoisotopic (exact) mass is 371 g/mol. The van der Waals surface area contributed by atoms with Crippen molar-refractivity contribution >= 4 is 11.9 Å². The Balaban J connectivity index is 1.58. The van der Waals surface area contributed by atoms with Gasteiger partial charge in [-0.05, 0) is 60.9 Å². The molecule has 0 aliphatic heterocycles. The number of hydrogen-bond donors (Lipinski definition) is 0. The maximum Gasteiger partial charge on any atom is 0.189 e. The number of carbonyl (C=O) groups excluding carboxylic acids is 1. The number of rotatable bonds is 5. The largest absolute Gasteiger partial charge is 0.497 e. The number of benzene rings is 2. The first-order valence-corrected chi connectivity index (χ1v) is 9.28. The summed E-state index contributed by atoms with van der Waals surface area (Å²) in [6, 6.07) is 19.2. The Bertz CT molecular complexity index is 1030. The Morgan fingerprint density at radius 3 is 2.71 bits per heavy atom. The van der Waals surface area contributed by atoms with E-state index in [4.69, 9.17) is 9.47 Å². The summed E-state index contributed by atoms with van der Waals surface area (Å²) >= 11 is 0. The van der Waals surface area contributed by atoms with Gasteiger partial charge in [0, 0.05) is 22.9 Å². The SMILES string of the molecule is COc1ccc2c(c1)CCC(=Cc1ccccc1OCc1ccccn1)C2=O. The first-order valence-electron chi connectivity index (χ1n) is 9.28. The number of methoxy groups -OCH3 is 1. The van der Waals surface area contributed by atoms with Crippen LogP contribution in [0.25, 0.3) is 6.08 Å². The number of ether oxygens (including phenoxy) is 2. The van der Waals surface area contributed by atoms with Gasteiger partial charge in [0.25, 0.3) is 0 Å². The highest BCUT2D eigenvalue weighted by Crippen LogP contribution is 2.31. The number of allylic oxidation sites excluding steroid dienone is 1. The van der Waals surface area contributed by atoms with Gasteiger partial charge in [-0.25, -0.2) is 0 Å². The summed E-state index contributed by atoms with van der Waals surface area (Å²) in [7, 11) is 1.64. The highest BCUT2D eigenvalue weighted by molar-refractivity contribution is 6.13. The second-order valence-electron chi connectivity index (χ2n) is 6.67. The van der Waals surface area contributed by atoms with Gasteiger partial charge in [0.1, 0.15) is 18.1 Å². The van der Waals surface area contributed by atoms with Gasteiger partial charge in [-0.2, -0.15) is 0 Å². The molecule has 2 aromatic carbocycles. The predicted molar refractivity (Wildman–Crippen MR) is 109 cm³/mol. The molecule has 0 saturated heterocycles. The number of Topliss-reactive ketones (excluding diaryl/α,β-unsaturated/α-hetero) is 1. The molecule has 1 heterocycles. The molecule has 4 rings (SSSR count). The zero-order chi connectivity index (χ0) is 19.3. The van der Waals surface area contributed by atoms with E-state index in [2.05, 4.69) is 4.98 Å². The van der Waals surface area contributed by atoms with Crippen LogP contribution in [0.4, 0.5) is 0 Å². The molecule has 140 valence electrons. The predicted octanol–water partition coefficient (Wildman–Crippen LogP) is 4.88. The molecule has 1 aliphatic rings. The van der Waals surface area contributed by atoms with Crippen molar-refractivity contribution in [2.45, 2.75) is 19.4 Å². The molecule has 0 N–H and O–H groups in total. The van der Waals surface area contributed by atoms with Gasteiger partial charge >= 0.3 is 0 Å². The smallest absolute Gasteiger partial charge is 0.189 e. The lowest BCUT2D eigenvalue weighted by Crippen LogP contribution is -2.14. The number of aromatic nitrogens is 1.